The van der Waals surface area contributed by atoms with Crippen molar-refractivity contribution in [1.82, 2.24) is 10.2 Å². The van der Waals surface area contributed by atoms with E-state index in [4.69, 9.17) is 26.5 Å². The molecule has 1 aromatic carbocycles. The van der Waals surface area contributed by atoms with Gasteiger partial charge in [-0.3, -0.25) is 0 Å². The van der Waals surface area contributed by atoms with Crippen LogP contribution in [0, 0.1) is 6.92 Å². The number of benzene rings is 1. The number of aryl methyl sites for hydroxylation is 1. The van der Waals surface area contributed by atoms with Gasteiger partial charge in [0.05, 0.1) is 19.6 Å². The molecule has 2 aromatic rings. The van der Waals surface area contributed by atoms with Crippen molar-refractivity contribution in [3.63, 3.8) is 0 Å². The van der Waals surface area contributed by atoms with Crippen LogP contribution in [0.1, 0.15) is 17.3 Å². The molecule has 0 saturated heterocycles. The van der Waals surface area contributed by atoms with E-state index in [1.807, 2.05) is 25.1 Å². The number of nitrogens with zero attached hydrogens (tertiary/aromatic N) is 2. The lowest BCUT2D eigenvalue weighted by molar-refractivity contribution is 0.303. The summed E-state index contributed by atoms with van der Waals surface area (Å²) in [6.07, 6.45) is 0.550. The van der Waals surface area contributed by atoms with Crippen LogP contribution in [0.3, 0.4) is 0 Å². The molecule has 96 valence electrons. The molecule has 5 nitrogen and oxygen atoms in total. The summed E-state index contributed by atoms with van der Waals surface area (Å²) in [5.74, 6) is 1.74. The van der Waals surface area contributed by atoms with E-state index in [0.29, 0.717) is 24.8 Å². The number of rotatable bonds is 5. The molecule has 2 rings (SSSR count). The van der Waals surface area contributed by atoms with Crippen molar-refractivity contribution < 1.29 is 9.15 Å². The first-order valence-corrected chi connectivity index (χ1v) is 5.97. The van der Waals surface area contributed by atoms with E-state index in [9.17, 15) is 0 Å². The van der Waals surface area contributed by atoms with E-state index in [1.54, 1.807) is 0 Å². The van der Waals surface area contributed by atoms with Gasteiger partial charge in [0.25, 0.3) is 0 Å². The SMILES string of the molecule is Cc1cc(OCCc2nnc(CN)o2)ccc1Cl. The van der Waals surface area contributed by atoms with Gasteiger partial charge < -0.3 is 14.9 Å². The van der Waals surface area contributed by atoms with Crippen LogP contribution in [-0.2, 0) is 13.0 Å². The fourth-order valence-electron chi connectivity index (χ4n) is 1.44. The molecule has 0 fully saturated rings. The molecule has 1 heterocycles. The standard InChI is InChI=1S/C12H14ClN3O2/c1-8-6-9(2-3-10(8)13)17-5-4-11-15-16-12(7-14)18-11/h2-3,6H,4-5,7,14H2,1H3. The Bertz CT molecular complexity index is 528. The van der Waals surface area contributed by atoms with Crippen LogP contribution >= 0.6 is 11.6 Å². The highest BCUT2D eigenvalue weighted by molar-refractivity contribution is 6.31. The predicted molar refractivity (Wildman–Crippen MR) is 67.6 cm³/mol. The molecule has 0 bridgehead atoms. The molecule has 0 spiro atoms. The van der Waals surface area contributed by atoms with Gasteiger partial charge in [-0.2, -0.15) is 0 Å². The maximum Gasteiger partial charge on any atom is 0.230 e. The topological polar surface area (TPSA) is 74.2 Å². The maximum atomic E-state index is 5.93. The Labute approximate surface area is 110 Å². The first-order valence-electron chi connectivity index (χ1n) is 5.59. The molecule has 0 aliphatic carbocycles. The average Bonchev–Trinajstić information content (AvgIpc) is 2.82. The van der Waals surface area contributed by atoms with E-state index < -0.39 is 0 Å². The highest BCUT2D eigenvalue weighted by Gasteiger charge is 2.05. The summed E-state index contributed by atoms with van der Waals surface area (Å²) >= 11 is 5.93. The van der Waals surface area contributed by atoms with Crippen molar-refractivity contribution >= 4 is 11.6 Å². The Morgan fingerprint density at radius 2 is 2.11 bits per heavy atom. The molecule has 6 heteroatoms. The summed E-state index contributed by atoms with van der Waals surface area (Å²) < 4.78 is 10.8. The molecule has 0 atom stereocenters. The van der Waals surface area contributed by atoms with Crippen molar-refractivity contribution in [3.05, 3.63) is 40.6 Å². The normalized spacial score (nSPS) is 10.6. The van der Waals surface area contributed by atoms with Crippen molar-refractivity contribution in [2.75, 3.05) is 6.61 Å². The Kier molecular flexibility index (Phi) is 4.17. The third-order valence-electron chi connectivity index (χ3n) is 2.40. The zero-order chi connectivity index (χ0) is 13.0. The van der Waals surface area contributed by atoms with E-state index in [1.165, 1.54) is 0 Å². The Balaban J connectivity index is 1.86. The summed E-state index contributed by atoms with van der Waals surface area (Å²) in [6.45, 7) is 2.65. The lowest BCUT2D eigenvalue weighted by atomic mass is 10.2. The fraction of sp³-hybridized carbons (Fsp3) is 0.333. The zero-order valence-corrected chi connectivity index (χ0v) is 10.8. The molecule has 18 heavy (non-hydrogen) atoms. The van der Waals surface area contributed by atoms with Gasteiger partial charge in [-0.25, -0.2) is 0 Å². The van der Waals surface area contributed by atoms with Gasteiger partial charge in [0.15, 0.2) is 0 Å². The highest BCUT2D eigenvalue weighted by Crippen LogP contribution is 2.21. The summed E-state index contributed by atoms with van der Waals surface area (Å²) in [5, 5.41) is 8.35. The molecular weight excluding hydrogens is 254 g/mol. The second-order valence-electron chi connectivity index (χ2n) is 3.80. The molecule has 2 N–H and O–H groups in total. The van der Waals surface area contributed by atoms with Crippen LogP contribution in [0.5, 0.6) is 5.75 Å². The molecule has 0 saturated carbocycles. The number of nitrogens with two attached hydrogens (primary N) is 1. The molecule has 0 unspecified atom stereocenters. The number of hydrogen-bond acceptors (Lipinski definition) is 5. The second kappa shape index (κ2) is 5.84. The smallest absolute Gasteiger partial charge is 0.230 e. The van der Waals surface area contributed by atoms with Gasteiger partial charge in [0, 0.05) is 5.02 Å². The van der Waals surface area contributed by atoms with Crippen LogP contribution in [0.2, 0.25) is 5.02 Å². The van der Waals surface area contributed by atoms with Gasteiger partial charge >= 0.3 is 0 Å². The van der Waals surface area contributed by atoms with E-state index >= 15 is 0 Å². The molecule has 1 aromatic heterocycles. The van der Waals surface area contributed by atoms with Gasteiger partial charge in [0.2, 0.25) is 11.8 Å². The molecular formula is C12H14ClN3O2. The number of halogens is 1. The van der Waals surface area contributed by atoms with Gasteiger partial charge in [-0.1, -0.05) is 11.6 Å². The summed E-state index contributed by atoms with van der Waals surface area (Å²) in [4.78, 5) is 0. The largest absolute Gasteiger partial charge is 0.493 e. The number of hydrogen-bond donors (Lipinski definition) is 1. The maximum absolute atomic E-state index is 5.93. The van der Waals surface area contributed by atoms with Crippen LogP contribution in [0.15, 0.2) is 22.6 Å². The Morgan fingerprint density at radius 1 is 1.33 bits per heavy atom. The second-order valence-corrected chi connectivity index (χ2v) is 4.21. The Morgan fingerprint density at radius 3 is 2.78 bits per heavy atom. The van der Waals surface area contributed by atoms with Crippen molar-refractivity contribution in [1.29, 1.82) is 0 Å². The van der Waals surface area contributed by atoms with Gasteiger partial charge in [-0.15, -0.1) is 10.2 Å². The highest BCUT2D eigenvalue weighted by atomic mass is 35.5. The predicted octanol–water partition coefficient (Wildman–Crippen LogP) is 2.11. The molecule has 0 aliphatic rings. The lowest BCUT2D eigenvalue weighted by Crippen LogP contribution is -2.01. The zero-order valence-electron chi connectivity index (χ0n) is 10.0. The van der Waals surface area contributed by atoms with Crippen LogP contribution < -0.4 is 10.5 Å². The van der Waals surface area contributed by atoms with Gasteiger partial charge in [0.1, 0.15) is 5.75 Å². The quantitative estimate of drug-likeness (QED) is 0.898. The van der Waals surface area contributed by atoms with Crippen LogP contribution in [-0.4, -0.2) is 16.8 Å². The van der Waals surface area contributed by atoms with Crippen molar-refractivity contribution in [2.45, 2.75) is 19.9 Å². The van der Waals surface area contributed by atoms with E-state index in [-0.39, 0.29) is 6.54 Å². The monoisotopic (exact) mass is 267 g/mol. The summed E-state index contributed by atoms with van der Waals surface area (Å²) in [6, 6.07) is 5.53. The van der Waals surface area contributed by atoms with Crippen LogP contribution in [0.4, 0.5) is 0 Å². The van der Waals surface area contributed by atoms with Crippen molar-refractivity contribution in [3.8, 4) is 5.75 Å². The lowest BCUT2D eigenvalue weighted by Gasteiger charge is -2.06. The first-order chi connectivity index (χ1) is 8.69. The third kappa shape index (κ3) is 3.21. The first kappa shape index (κ1) is 12.9. The van der Waals surface area contributed by atoms with E-state index in [2.05, 4.69) is 10.2 Å². The summed E-state index contributed by atoms with van der Waals surface area (Å²) in [7, 11) is 0. The fourth-order valence-corrected chi connectivity index (χ4v) is 1.55. The van der Waals surface area contributed by atoms with Gasteiger partial charge in [-0.05, 0) is 30.7 Å². The Hall–Kier alpha value is -1.59. The third-order valence-corrected chi connectivity index (χ3v) is 2.82. The minimum Gasteiger partial charge on any atom is -0.493 e. The van der Waals surface area contributed by atoms with Crippen LogP contribution in [0.25, 0.3) is 0 Å². The minimum atomic E-state index is 0.254. The molecule has 0 aliphatic heterocycles. The number of ether oxygens (including phenoxy) is 1. The molecule has 0 amide bonds. The molecule has 0 radical (unpaired) electrons. The average molecular weight is 268 g/mol. The number of aromatic nitrogens is 2. The van der Waals surface area contributed by atoms with Crippen molar-refractivity contribution in [2.24, 2.45) is 5.73 Å². The van der Waals surface area contributed by atoms with E-state index in [0.717, 1.165) is 16.3 Å². The minimum absolute atomic E-state index is 0.254. The summed E-state index contributed by atoms with van der Waals surface area (Å²) in [5.41, 5.74) is 6.36.